The molecule has 20 heavy (non-hydrogen) atoms. The van der Waals surface area contributed by atoms with E-state index in [-0.39, 0.29) is 12.5 Å². The molecule has 0 aromatic heterocycles. The predicted molar refractivity (Wildman–Crippen MR) is 77.1 cm³/mol. The van der Waals surface area contributed by atoms with Gasteiger partial charge in [0, 0.05) is 25.4 Å². The van der Waals surface area contributed by atoms with Crippen molar-refractivity contribution in [2.45, 2.75) is 25.4 Å². The molecule has 2 N–H and O–H groups in total. The fourth-order valence-corrected chi connectivity index (χ4v) is 2.05. The normalized spacial score (nSPS) is 14.2. The second-order valence-electron chi connectivity index (χ2n) is 5.00. The molecule has 110 valence electrons. The number of nitrogen functional groups attached to an aromatic ring is 1. The van der Waals surface area contributed by atoms with Crippen LogP contribution in [0.1, 0.15) is 18.4 Å². The molecule has 1 aliphatic rings. The average Bonchev–Trinajstić information content (AvgIpc) is 3.27. The maximum absolute atomic E-state index is 12.2. The van der Waals surface area contributed by atoms with Crippen LogP contribution in [-0.4, -0.2) is 43.8 Å². The molecule has 2 rings (SSSR count). The Kier molecular flexibility index (Phi) is 5.38. The van der Waals surface area contributed by atoms with Crippen LogP contribution in [0.2, 0.25) is 0 Å². The van der Waals surface area contributed by atoms with E-state index in [1.165, 1.54) is 0 Å². The Morgan fingerprint density at radius 3 is 2.75 bits per heavy atom. The van der Waals surface area contributed by atoms with Gasteiger partial charge in [-0.25, -0.2) is 0 Å². The van der Waals surface area contributed by atoms with Crippen LogP contribution in [-0.2, 0) is 20.8 Å². The Bertz CT molecular complexity index is 446. The van der Waals surface area contributed by atoms with E-state index < -0.39 is 0 Å². The van der Waals surface area contributed by atoms with Crippen molar-refractivity contribution in [3.05, 3.63) is 29.8 Å². The van der Waals surface area contributed by atoms with Crippen molar-refractivity contribution in [1.82, 2.24) is 4.90 Å². The number of carbonyl (C=O) groups is 1. The number of carbonyl (C=O) groups excluding carboxylic acids is 1. The Balaban J connectivity index is 1.90. The van der Waals surface area contributed by atoms with Crippen LogP contribution in [0.4, 0.5) is 5.69 Å². The van der Waals surface area contributed by atoms with Crippen LogP contribution in [0.3, 0.4) is 0 Å². The van der Waals surface area contributed by atoms with Crippen molar-refractivity contribution < 1.29 is 14.3 Å². The zero-order valence-corrected chi connectivity index (χ0v) is 11.9. The van der Waals surface area contributed by atoms with Gasteiger partial charge in [0.2, 0.25) is 5.91 Å². The van der Waals surface area contributed by atoms with Gasteiger partial charge in [-0.2, -0.15) is 0 Å². The van der Waals surface area contributed by atoms with Gasteiger partial charge in [0.05, 0.1) is 13.2 Å². The number of methoxy groups -OCH3 is 1. The van der Waals surface area contributed by atoms with Crippen LogP contribution in [0.15, 0.2) is 24.3 Å². The number of hydrogen-bond acceptors (Lipinski definition) is 4. The van der Waals surface area contributed by atoms with E-state index in [0.29, 0.717) is 25.8 Å². The van der Waals surface area contributed by atoms with E-state index in [2.05, 4.69) is 0 Å². The molecule has 0 heterocycles. The third kappa shape index (κ3) is 4.21. The lowest BCUT2D eigenvalue weighted by Gasteiger charge is -2.23. The van der Waals surface area contributed by atoms with Crippen LogP contribution in [0.5, 0.6) is 0 Å². The summed E-state index contributed by atoms with van der Waals surface area (Å²) in [5.41, 5.74) is 7.66. The minimum absolute atomic E-state index is 0.0202. The molecule has 0 spiro atoms. The maximum atomic E-state index is 12.2. The van der Waals surface area contributed by atoms with Crippen LogP contribution in [0.25, 0.3) is 0 Å². The Hall–Kier alpha value is -1.59. The molecule has 1 saturated carbocycles. The van der Waals surface area contributed by atoms with Gasteiger partial charge in [-0.1, -0.05) is 18.2 Å². The lowest BCUT2D eigenvalue weighted by molar-refractivity contribution is -0.137. The van der Waals surface area contributed by atoms with Gasteiger partial charge in [-0.15, -0.1) is 0 Å². The highest BCUT2D eigenvalue weighted by molar-refractivity contribution is 5.78. The van der Waals surface area contributed by atoms with Crippen molar-refractivity contribution in [2.24, 2.45) is 0 Å². The first-order chi connectivity index (χ1) is 9.72. The van der Waals surface area contributed by atoms with Gasteiger partial charge in [0.15, 0.2) is 0 Å². The fraction of sp³-hybridized carbons (Fsp3) is 0.533. The van der Waals surface area contributed by atoms with E-state index in [0.717, 1.165) is 24.1 Å². The van der Waals surface area contributed by atoms with Crippen molar-refractivity contribution >= 4 is 11.6 Å². The number of ether oxygens (including phenoxy) is 2. The number of nitrogens with zero attached hydrogens (tertiary/aromatic N) is 1. The smallest absolute Gasteiger partial charge is 0.249 e. The monoisotopic (exact) mass is 278 g/mol. The quantitative estimate of drug-likeness (QED) is 0.577. The Labute approximate surface area is 119 Å². The van der Waals surface area contributed by atoms with Gasteiger partial charge in [0.25, 0.3) is 0 Å². The first kappa shape index (κ1) is 14.8. The van der Waals surface area contributed by atoms with Gasteiger partial charge >= 0.3 is 0 Å². The molecule has 0 aliphatic heterocycles. The second-order valence-corrected chi connectivity index (χ2v) is 5.00. The minimum atomic E-state index is 0.0202. The summed E-state index contributed by atoms with van der Waals surface area (Å²) in [6, 6.07) is 8.00. The number of hydrogen-bond donors (Lipinski definition) is 1. The molecule has 5 nitrogen and oxygen atoms in total. The summed E-state index contributed by atoms with van der Waals surface area (Å²) in [5.74, 6) is 0.0202. The lowest BCUT2D eigenvalue weighted by Crippen LogP contribution is -2.35. The van der Waals surface area contributed by atoms with Crippen LogP contribution < -0.4 is 5.73 Å². The van der Waals surface area contributed by atoms with Gasteiger partial charge in [0.1, 0.15) is 6.61 Å². The molecule has 1 fully saturated rings. The molecule has 0 unspecified atom stereocenters. The SMILES string of the molecule is COCCOCC(=O)N(Cc1ccccc1N)C1CC1. The number of nitrogens with two attached hydrogens (primary N) is 1. The molecule has 0 atom stereocenters. The molecule has 1 aromatic carbocycles. The van der Waals surface area contributed by atoms with E-state index >= 15 is 0 Å². The van der Waals surface area contributed by atoms with Gasteiger partial charge in [-0.3, -0.25) is 4.79 Å². The molecule has 1 aliphatic carbocycles. The standard InChI is InChI=1S/C15H22N2O3/c1-19-8-9-20-11-15(18)17(13-6-7-13)10-12-4-2-3-5-14(12)16/h2-5,13H,6-11,16H2,1H3. The topological polar surface area (TPSA) is 64.8 Å². The molecule has 0 saturated heterocycles. The highest BCUT2D eigenvalue weighted by Gasteiger charge is 2.32. The largest absolute Gasteiger partial charge is 0.398 e. The molecular formula is C15H22N2O3. The second kappa shape index (κ2) is 7.26. The number of para-hydroxylation sites is 1. The minimum Gasteiger partial charge on any atom is -0.398 e. The predicted octanol–water partition coefficient (Wildman–Crippen LogP) is 1.42. The zero-order valence-electron chi connectivity index (χ0n) is 11.9. The highest BCUT2D eigenvalue weighted by Crippen LogP contribution is 2.29. The first-order valence-electron chi connectivity index (χ1n) is 6.92. The summed E-state index contributed by atoms with van der Waals surface area (Å²) in [7, 11) is 1.61. The Morgan fingerprint density at radius 2 is 2.10 bits per heavy atom. The van der Waals surface area contributed by atoms with Crippen molar-refractivity contribution in [1.29, 1.82) is 0 Å². The molecule has 5 heteroatoms. The highest BCUT2D eigenvalue weighted by atomic mass is 16.5. The molecule has 1 amide bonds. The third-order valence-corrected chi connectivity index (χ3v) is 3.36. The van der Waals surface area contributed by atoms with Crippen LogP contribution in [0, 0.1) is 0 Å². The summed E-state index contributed by atoms with van der Waals surface area (Å²) in [6.45, 7) is 1.60. The fourth-order valence-electron chi connectivity index (χ4n) is 2.05. The summed E-state index contributed by atoms with van der Waals surface area (Å²) in [6.07, 6.45) is 2.13. The van der Waals surface area contributed by atoms with E-state index in [4.69, 9.17) is 15.2 Å². The number of rotatable bonds is 8. The Morgan fingerprint density at radius 1 is 1.35 bits per heavy atom. The third-order valence-electron chi connectivity index (χ3n) is 3.36. The van der Waals surface area contributed by atoms with Crippen LogP contribution >= 0.6 is 0 Å². The molecule has 0 bridgehead atoms. The summed E-state index contributed by atoms with van der Waals surface area (Å²) < 4.78 is 10.2. The lowest BCUT2D eigenvalue weighted by atomic mass is 10.1. The molecule has 0 radical (unpaired) electrons. The van der Waals surface area contributed by atoms with E-state index in [1.54, 1.807) is 7.11 Å². The van der Waals surface area contributed by atoms with Crippen molar-refractivity contribution in [3.8, 4) is 0 Å². The van der Waals surface area contributed by atoms with Gasteiger partial charge < -0.3 is 20.1 Å². The van der Waals surface area contributed by atoms with E-state index in [9.17, 15) is 4.79 Å². The molecular weight excluding hydrogens is 256 g/mol. The van der Waals surface area contributed by atoms with E-state index in [1.807, 2.05) is 29.2 Å². The number of anilines is 1. The number of benzene rings is 1. The summed E-state index contributed by atoms with van der Waals surface area (Å²) in [4.78, 5) is 14.1. The average molecular weight is 278 g/mol. The first-order valence-corrected chi connectivity index (χ1v) is 6.92. The van der Waals surface area contributed by atoms with Crippen molar-refractivity contribution in [3.63, 3.8) is 0 Å². The summed E-state index contributed by atoms with van der Waals surface area (Å²) in [5, 5.41) is 0. The summed E-state index contributed by atoms with van der Waals surface area (Å²) >= 11 is 0. The van der Waals surface area contributed by atoms with Gasteiger partial charge in [-0.05, 0) is 24.5 Å². The number of amides is 1. The maximum Gasteiger partial charge on any atom is 0.249 e. The molecule has 1 aromatic rings. The van der Waals surface area contributed by atoms with Crippen molar-refractivity contribution in [2.75, 3.05) is 32.7 Å². The zero-order chi connectivity index (χ0) is 14.4.